The van der Waals surface area contributed by atoms with E-state index in [1.807, 2.05) is 25.3 Å². The lowest BCUT2D eigenvalue weighted by atomic mass is 9.95. The summed E-state index contributed by atoms with van der Waals surface area (Å²) in [7, 11) is 0. The molecule has 0 saturated carbocycles. The normalized spacial score (nSPS) is 19.3. The van der Waals surface area contributed by atoms with Crippen LogP contribution in [0.3, 0.4) is 0 Å². The van der Waals surface area contributed by atoms with Gasteiger partial charge in [-0.15, -0.1) is 14.8 Å². The lowest BCUT2D eigenvalue weighted by molar-refractivity contribution is 0.495. The summed E-state index contributed by atoms with van der Waals surface area (Å²) in [5.74, 6) is 2.18. The molecule has 1 fully saturated rings. The van der Waals surface area contributed by atoms with E-state index in [1.54, 1.807) is 4.63 Å². The molecule has 0 unspecified atom stereocenters. The lowest BCUT2D eigenvalue weighted by Gasteiger charge is -2.32. The van der Waals surface area contributed by atoms with Gasteiger partial charge in [-0.3, -0.25) is 5.10 Å². The average molecular weight is 283 g/mol. The first-order valence-corrected chi connectivity index (χ1v) is 7.24. The zero-order valence-electron chi connectivity index (χ0n) is 11.9. The molecule has 1 aliphatic heterocycles. The van der Waals surface area contributed by atoms with Crippen molar-refractivity contribution in [2.75, 3.05) is 18.0 Å². The van der Waals surface area contributed by atoms with E-state index in [4.69, 9.17) is 0 Å². The molecule has 1 saturated heterocycles. The van der Waals surface area contributed by atoms with Crippen molar-refractivity contribution >= 4 is 11.5 Å². The number of hydrogen-bond donors (Lipinski definition) is 1. The summed E-state index contributed by atoms with van der Waals surface area (Å²) >= 11 is 0. The van der Waals surface area contributed by atoms with Gasteiger partial charge in [0.2, 0.25) is 0 Å². The number of anilines is 1. The number of nitrogens with one attached hydrogen (secondary N) is 1. The molecule has 0 amide bonds. The monoisotopic (exact) mass is 283 g/mol. The van der Waals surface area contributed by atoms with Crippen molar-refractivity contribution in [1.82, 2.24) is 30.0 Å². The Kier molecular flexibility index (Phi) is 2.83. The van der Waals surface area contributed by atoms with E-state index in [0.29, 0.717) is 5.92 Å². The molecule has 3 aromatic heterocycles. The van der Waals surface area contributed by atoms with Crippen molar-refractivity contribution in [3.63, 3.8) is 0 Å². The van der Waals surface area contributed by atoms with Gasteiger partial charge in [-0.05, 0) is 38.0 Å². The molecule has 1 atom stereocenters. The Morgan fingerprint density at radius 1 is 1.24 bits per heavy atom. The Morgan fingerprint density at radius 3 is 3.05 bits per heavy atom. The fraction of sp³-hybridized carbons (Fsp3) is 0.429. The quantitative estimate of drug-likeness (QED) is 0.772. The van der Waals surface area contributed by atoms with Crippen LogP contribution in [0.4, 0.5) is 5.82 Å². The summed E-state index contributed by atoms with van der Waals surface area (Å²) < 4.78 is 1.62. The second-order valence-electron chi connectivity index (χ2n) is 5.50. The molecule has 21 heavy (non-hydrogen) atoms. The molecule has 7 heteroatoms. The van der Waals surface area contributed by atoms with Crippen LogP contribution in [-0.4, -0.2) is 43.1 Å². The maximum absolute atomic E-state index is 4.58. The van der Waals surface area contributed by atoms with Crippen molar-refractivity contribution < 1.29 is 0 Å². The molecule has 0 aromatic carbocycles. The molecule has 0 radical (unpaired) electrons. The fourth-order valence-corrected chi connectivity index (χ4v) is 2.98. The molecule has 0 spiro atoms. The first-order chi connectivity index (χ1) is 10.3. The van der Waals surface area contributed by atoms with Gasteiger partial charge in [0.25, 0.3) is 0 Å². The van der Waals surface area contributed by atoms with Crippen LogP contribution in [-0.2, 0) is 0 Å². The summed E-state index contributed by atoms with van der Waals surface area (Å²) in [5, 5.41) is 16.0. The Bertz CT molecular complexity index is 746. The maximum Gasteiger partial charge on any atom is 0.176 e. The van der Waals surface area contributed by atoms with Crippen LogP contribution >= 0.6 is 0 Å². The first kappa shape index (κ1) is 12.3. The van der Waals surface area contributed by atoms with Gasteiger partial charge in [0.15, 0.2) is 11.5 Å². The minimum atomic E-state index is 0.483. The zero-order chi connectivity index (χ0) is 14.2. The highest BCUT2D eigenvalue weighted by Crippen LogP contribution is 2.27. The van der Waals surface area contributed by atoms with Gasteiger partial charge in [-0.2, -0.15) is 5.10 Å². The van der Waals surface area contributed by atoms with E-state index in [0.717, 1.165) is 36.8 Å². The fourth-order valence-electron chi connectivity index (χ4n) is 2.98. The Balaban J connectivity index is 1.61. The van der Waals surface area contributed by atoms with Crippen LogP contribution in [0, 0.1) is 6.92 Å². The second-order valence-corrected chi connectivity index (χ2v) is 5.50. The molecule has 4 rings (SSSR count). The van der Waals surface area contributed by atoms with Crippen molar-refractivity contribution in [2.24, 2.45) is 0 Å². The molecule has 108 valence electrons. The molecule has 3 aromatic rings. The largest absolute Gasteiger partial charge is 0.354 e. The Morgan fingerprint density at radius 2 is 2.19 bits per heavy atom. The number of nitrogens with zero attached hydrogens (tertiary/aromatic N) is 6. The average Bonchev–Trinajstić information content (AvgIpc) is 3.15. The summed E-state index contributed by atoms with van der Waals surface area (Å²) in [6, 6.07) is 6.06. The first-order valence-electron chi connectivity index (χ1n) is 7.24. The highest BCUT2D eigenvalue weighted by atomic mass is 15.5. The topological polar surface area (TPSA) is 75.0 Å². The van der Waals surface area contributed by atoms with E-state index in [1.165, 1.54) is 12.1 Å². The summed E-state index contributed by atoms with van der Waals surface area (Å²) in [6.45, 7) is 3.86. The number of aromatic amines is 1. The summed E-state index contributed by atoms with van der Waals surface area (Å²) in [5.41, 5.74) is 2.00. The Labute approximate surface area is 122 Å². The van der Waals surface area contributed by atoms with Gasteiger partial charge in [-0.1, -0.05) is 0 Å². The van der Waals surface area contributed by atoms with Gasteiger partial charge in [0.1, 0.15) is 5.82 Å². The maximum atomic E-state index is 4.58. The number of aromatic nitrogens is 6. The number of rotatable bonds is 2. The molecule has 7 nitrogen and oxygen atoms in total. The second kappa shape index (κ2) is 4.83. The highest BCUT2D eigenvalue weighted by molar-refractivity contribution is 5.46. The molecule has 1 N–H and O–H groups in total. The molecular weight excluding hydrogens is 266 g/mol. The molecule has 0 aliphatic carbocycles. The number of aryl methyl sites for hydroxylation is 1. The van der Waals surface area contributed by atoms with Gasteiger partial charge >= 0.3 is 0 Å². The van der Waals surface area contributed by atoms with E-state index >= 15 is 0 Å². The standard InChI is InChI=1S/C14H17N7/c1-10-16-13-4-5-14(19-21(13)18-10)20-8-2-3-11(9-20)12-6-7-15-17-12/h4-7,11H,2-3,8-9H2,1H3,(H,15,17)/t11-/m1/s1. The zero-order valence-corrected chi connectivity index (χ0v) is 11.9. The van der Waals surface area contributed by atoms with Crippen LogP contribution in [0.2, 0.25) is 0 Å². The van der Waals surface area contributed by atoms with E-state index in [2.05, 4.69) is 36.3 Å². The van der Waals surface area contributed by atoms with Crippen LogP contribution < -0.4 is 4.90 Å². The van der Waals surface area contributed by atoms with Crippen molar-refractivity contribution in [3.8, 4) is 0 Å². The predicted molar refractivity (Wildman–Crippen MR) is 78.3 cm³/mol. The third kappa shape index (κ3) is 2.24. The van der Waals surface area contributed by atoms with Crippen molar-refractivity contribution in [3.05, 3.63) is 35.9 Å². The molecule has 0 bridgehead atoms. The number of H-pyrrole nitrogens is 1. The van der Waals surface area contributed by atoms with E-state index in [9.17, 15) is 0 Å². The SMILES string of the molecule is Cc1nc2ccc(N3CCC[C@@H](c4ccn[nH]4)C3)nn2n1. The molecule has 4 heterocycles. The van der Waals surface area contributed by atoms with Crippen LogP contribution in [0.15, 0.2) is 24.4 Å². The summed E-state index contributed by atoms with van der Waals surface area (Å²) in [4.78, 5) is 6.62. The highest BCUT2D eigenvalue weighted by Gasteiger charge is 2.23. The number of fused-ring (bicyclic) bond motifs is 1. The lowest BCUT2D eigenvalue weighted by Crippen LogP contribution is -2.35. The number of hydrogen-bond acceptors (Lipinski definition) is 5. The van der Waals surface area contributed by atoms with E-state index < -0.39 is 0 Å². The van der Waals surface area contributed by atoms with Crippen LogP contribution in [0.5, 0.6) is 0 Å². The smallest absolute Gasteiger partial charge is 0.176 e. The van der Waals surface area contributed by atoms with Crippen LogP contribution in [0.25, 0.3) is 5.65 Å². The minimum Gasteiger partial charge on any atom is -0.354 e. The van der Waals surface area contributed by atoms with Gasteiger partial charge < -0.3 is 4.90 Å². The third-order valence-corrected chi connectivity index (χ3v) is 4.01. The van der Waals surface area contributed by atoms with Crippen LogP contribution in [0.1, 0.15) is 30.3 Å². The third-order valence-electron chi connectivity index (χ3n) is 4.01. The van der Waals surface area contributed by atoms with Gasteiger partial charge in [0, 0.05) is 30.9 Å². The predicted octanol–water partition coefficient (Wildman–Crippen LogP) is 1.54. The molecule has 1 aliphatic rings. The molecular formula is C14H17N7. The number of piperidine rings is 1. The van der Waals surface area contributed by atoms with Crippen molar-refractivity contribution in [2.45, 2.75) is 25.7 Å². The summed E-state index contributed by atoms with van der Waals surface area (Å²) in [6.07, 6.45) is 4.15. The van der Waals surface area contributed by atoms with E-state index in [-0.39, 0.29) is 0 Å². The minimum absolute atomic E-state index is 0.483. The Hall–Kier alpha value is -2.44. The van der Waals surface area contributed by atoms with Gasteiger partial charge in [-0.25, -0.2) is 4.98 Å². The van der Waals surface area contributed by atoms with Crippen molar-refractivity contribution in [1.29, 1.82) is 0 Å². The van der Waals surface area contributed by atoms with Gasteiger partial charge in [0.05, 0.1) is 0 Å².